The number of carbonyl (C=O) groups is 2. The highest BCUT2D eigenvalue weighted by atomic mass is 16.6. The fourth-order valence-electron chi connectivity index (χ4n) is 3.27. The van der Waals surface area contributed by atoms with Crippen molar-refractivity contribution in [2.24, 2.45) is 0 Å². The first kappa shape index (κ1) is 21.1. The number of nitro groups is 1. The second kappa shape index (κ2) is 9.73. The molecule has 0 radical (unpaired) electrons. The molecule has 0 aliphatic carbocycles. The molecule has 3 rings (SSSR count). The third-order valence-corrected chi connectivity index (χ3v) is 4.81. The van der Waals surface area contributed by atoms with E-state index in [0.717, 1.165) is 31.5 Å². The Morgan fingerprint density at radius 2 is 1.93 bits per heavy atom. The van der Waals surface area contributed by atoms with E-state index >= 15 is 0 Å². The van der Waals surface area contributed by atoms with Crippen molar-refractivity contribution in [3.8, 4) is 5.75 Å². The van der Waals surface area contributed by atoms with Gasteiger partial charge in [0.05, 0.1) is 17.6 Å². The minimum atomic E-state index is -0.789. The zero-order valence-corrected chi connectivity index (χ0v) is 16.6. The van der Waals surface area contributed by atoms with Crippen molar-refractivity contribution in [2.45, 2.75) is 19.4 Å². The molecular formula is C21H23N3O6. The third kappa shape index (κ3) is 5.25. The van der Waals surface area contributed by atoms with Crippen LogP contribution >= 0.6 is 0 Å². The van der Waals surface area contributed by atoms with Crippen molar-refractivity contribution in [3.05, 3.63) is 63.7 Å². The Morgan fingerprint density at radius 3 is 2.63 bits per heavy atom. The van der Waals surface area contributed by atoms with Crippen molar-refractivity contribution in [3.63, 3.8) is 0 Å². The van der Waals surface area contributed by atoms with Gasteiger partial charge in [0.1, 0.15) is 11.4 Å². The standard InChI is InChI=1S/C21H23N3O6/c1-29-17-6-4-5-15(11-17)13-22-20(25)14-30-21(26)16-7-8-18(19(12-16)24(27)28)23-9-2-3-10-23/h4-8,11-12H,2-3,9-10,13-14H2,1H3,(H,22,25). The summed E-state index contributed by atoms with van der Waals surface area (Å²) in [5, 5.41) is 14.1. The van der Waals surface area contributed by atoms with E-state index in [2.05, 4.69) is 5.32 Å². The van der Waals surface area contributed by atoms with Gasteiger partial charge in [-0.25, -0.2) is 4.79 Å². The quantitative estimate of drug-likeness (QED) is 0.402. The Bertz CT molecular complexity index is 940. The van der Waals surface area contributed by atoms with Crippen LogP contribution in [0.25, 0.3) is 0 Å². The van der Waals surface area contributed by atoms with Crippen LogP contribution in [0.15, 0.2) is 42.5 Å². The first-order chi connectivity index (χ1) is 14.5. The van der Waals surface area contributed by atoms with Crippen LogP contribution in [0.2, 0.25) is 0 Å². The molecule has 1 heterocycles. The maximum absolute atomic E-state index is 12.3. The summed E-state index contributed by atoms with van der Waals surface area (Å²) < 4.78 is 10.1. The van der Waals surface area contributed by atoms with Crippen LogP contribution in [0.3, 0.4) is 0 Å². The first-order valence-corrected chi connectivity index (χ1v) is 9.58. The minimum Gasteiger partial charge on any atom is -0.497 e. The number of esters is 1. The molecular weight excluding hydrogens is 390 g/mol. The van der Waals surface area contributed by atoms with E-state index in [-0.39, 0.29) is 17.8 Å². The minimum absolute atomic E-state index is 0.0326. The van der Waals surface area contributed by atoms with Gasteiger partial charge in [-0.05, 0) is 42.7 Å². The van der Waals surface area contributed by atoms with Gasteiger partial charge in [0.2, 0.25) is 0 Å². The van der Waals surface area contributed by atoms with Gasteiger partial charge in [0.15, 0.2) is 6.61 Å². The summed E-state index contributed by atoms with van der Waals surface area (Å²) in [5.74, 6) is -0.593. The first-order valence-electron chi connectivity index (χ1n) is 9.58. The van der Waals surface area contributed by atoms with Gasteiger partial charge in [0.25, 0.3) is 11.6 Å². The molecule has 2 aromatic carbocycles. The lowest BCUT2D eigenvalue weighted by Gasteiger charge is -2.17. The Hall–Kier alpha value is -3.62. The highest BCUT2D eigenvalue weighted by Gasteiger charge is 2.24. The lowest BCUT2D eigenvalue weighted by molar-refractivity contribution is -0.384. The van der Waals surface area contributed by atoms with Gasteiger partial charge in [-0.1, -0.05) is 12.1 Å². The topological polar surface area (TPSA) is 111 Å². The molecule has 1 fully saturated rings. The molecule has 9 heteroatoms. The summed E-state index contributed by atoms with van der Waals surface area (Å²) in [6.45, 7) is 1.27. The molecule has 0 aromatic heterocycles. The van der Waals surface area contributed by atoms with Crippen LogP contribution in [0.5, 0.6) is 5.75 Å². The number of nitrogens with one attached hydrogen (secondary N) is 1. The fourth-order valence-corrected chi connectivity index (χ4v) is 3.27. The molecule has 2 aromatic rings. The molecule has 1 amide bonds. The largest absolute Gasteiger partial charge is 0.497 e. The maximum Gasteiger partial charge on any atom is 0.338 e. The number of amides is 1. The smallest absolute Gasteiger partial charge is 0.338 e. The molecule has 0 saturated carbocycles. The number of methoxy groups -OCH3 is 1. The zero-order chi connectivity index (χ0) is 21.5. The SMILES string of the molecule is COc1cccc(CNC(=O)COC(=O)c2ccc(N3CCCC3)c([N+](=O)[O-])c2)c1. The average molecular weight is 413 g/mol. The van der Waals surface area contributed by atoms with E-state index in [0.29, 0.717) is 11.4 Å². The third-order valence-electron chi connectivity index (χ3n) is 4.81. The Labute approximate surface area is 173 Å². The molecule has 0 atom stereocenters. The second-order valence-electron chi connectivity index (χ2n) is 6.86. The average Bonchev–Trinajstić information content (AvgIpc) is 3.30. The lowest BCUT2D eigenvalue weighted by Crippen LogP contribution is -2.28. The van der Waals surface area contributed by atoms with Gasteiger partial charge in [-0.2, -0.15) is 0 Å². The van der Waals surface area contributed by atoms with Crippen molar-refractivity contribution < 1.29 is 24.0 Å². The van der Waals surface area contributed by atoms with E-state index in [4.69, 9.17) is 9.47 Å². The highest BCUT2D eigenvalue weighted by Crippen LogP contribution is 2.31. The number of nitro benzene ring substituents is 1. The molecule has 0 bridgehead atoms. The zero-order valence-electron chi connectivity index (χ0n) is 16.6. The number of benzene rings is 2. The molecule has 1 N–H and O–H groups in total. The van der Waals surface area contributed by atoms with Gasteiger partial charge in [-0.15, -0.1) is 0 Å². The monoisotopic (exact) mass is 413 g/mol. The Morgan fingerprint density at radius 1 is 1.17 bits per heavy atom. The summed E-state index contributed by atoms with van der Waals surface area (Å²) >= 11 is 0. The number of hydrogen-bond donors (Lipinski definition) is 1. The number of hydrogen-bond acceptors (Lipinski definition) is 7. The number of rotatable bonds is 8. The normalized spacial score (nSPS) is 13.0. The van der Waals surface area contributed by atoms with Crippen molar-refractivity contribution >= 4 is 23.3 Å². The van der Waals surface area contributed by atoms with Crippen LogP contribution in [-0.2, 0) is 16.1 Å². The van der Waals surface area contributed by atoms with E-state index in [9.17, 15) is 19.7 Å². The van der Waals surface area contributed by atoms with Gasteiger partial charge >= 0.3 is 5.97 Å². The number of ether oxygens (including phenoxy) is 2. The molecule has 0 spiro atoms. The van der Waals surface area contributed by atoms with Gasteiger partial charge < -0.3 is 19.7 Å². The molecule has 1 aliphatic rings. The van der Waals surface area contributed by atoms with E-state index in [1.807, 2.05) is 11.0 Å². The van der Waals surface area contributed by atoms with Gasteiger partial charge in [0, 0.05) is 25.7 Å². The maximum atomic E-state index is 12.3. The lowest BCUT2D eigenvalue weighted by atomic mass is 10.1. The predicted octanol–water partition coefficient (Wildman–Crippen LogP) is 2.68. The van der Waals surface area contributed by atoms with E-state index in [1.54, 1.807) is 31.4 Å². The van der Waals surface area contributed by atoms with Crippen molar-refractivity contribution in [1.82, 2.24) is 5.32 Å². The van der Waals surface area contributed by atoms with Crippen molar-refractivity contribution in [1.29, 1.82) is 0 Å². The predicted molar refractivity (Wildman–Crippen MR) is 110 cm³/mol. The molecule has 9 nitrogen and oxygen atoms in total. The Kier molecular flexibility index (Phi) is 6.84. The van der Waals surface area contributed by atoms with Crippen LogP contribution in [0, 0.1) is 10.1 Å². The molecule has 30 heavy (non-hydrogen) atoms. The molecule has 1 saturated heterocycles. The molecule has 1 aliphatic heterocycles. The number of anilines is 1. The van der Waals surface area contributed by atoms with Crippen LogP contribution in [0.1, 0.15) is 28.8 Å². The van der Waals surface area contributed by atoms with Crippen LogP contribution < -0.4 is 15.0 Å². The Balaban J connectivity index is 1.56. The summed E-state index contributed by atoms with van der Waals surface area (Å²) in [6.07, 6.45) is 1.96. The van der Waals surface area contributed by atoms with Crippen molar-refractivity contribution in [2.75, 3.05) is 31.7 Å². The van der Waals surface area contributed by atoms with Gasteiger partial charge in [-0.3, -0.25) is 14.9 Å². The summed E-state index contributed by atoms with van der Waals surface area (Å²) in [5.41, 5.74) is 1.21. The molecule has 158 valence electrons. The second-order valence-corrected chi connectivity index (χ2v) is 6.86. The summed E-state index contributed by atoms with van der Waals surface area (Å²) in [4.78, 5) is 37.1. The highest BCUT2D eigenvalue weighted by molar-refractivity contribution is 5.93. The fraction of sp³-hybridized carbons (Fsp3) is 0.333. The number of carbonyl (C=O) groups excluding carboxylic acids is 2. The summed E-state index contributed by atoms with van der Waals surface area (Å²) in [6, 6.07) is 11.5. The van der Waals surface area contributed by atoms with E-state index in [1.165, 1.54) is 12.1 Å². The van der Waals surface area contributed by atoms with Crippen LogP contribution in [-0.4, -0.2) is 43.6 Å². The van der Waals surface area contributed by atoms with Crippen LogP contribution in [0.4, 0.5) is 11.4 Å². The summed E-state index contributed by atoms with van der Waals surface area (Å²) in [7, 11) is 1.55. The molecule has 0 unspecified atom stereocenters. The number of nitrogens with zero attached hydrogens (tertiary/aromatic N) is 2. The van der Waals surface area contributed by atoms with E-state index < -0.39 is 23.4 Å².